The lowest BCUT2D eigenvalue weighted by Crippen LogP contribution is -2.25. The summed E-state index contributed by atoms with van der Waals surface area (Å²) in [4.78, 5) is 11.3. The Morgan fingerprint density at radius 2 is 2.13 bits per heavy atom. The van der Waals surface area contributed by atoms with E-state index in [-0.39, 0.29) is 5.60 Å². The lowest BCUT2D eigenvalue weighted by Gasteiger charge is -2.17. The minimum Gasteiger partial charge on any atom is -0.486 e. The van der Waals surface area contributed by atoms with Crippen molar-refractivity contribution in [1.29, 1.82) is 0 Å². The molecule has 0 atom stereocenters. The maximum absolute atomic E-state index is 11.3. The van der Waals surface area contributed by atoms with E-state index < -0.39 is 5.24 Å². The molecule has 0 saturated heterocycles. The van der Waals surface area contributed by atoms with Gasteiger partial charge in [-0.15, -0.1) is 0 Å². The van der Waals surface area contributed by atoms with Crippen LogP contribution >= 0.6 is 11.6 Å². The second kappa shape index (κ2) is 3.24. The van der Waals surface area contributed by atoms with E-state index >= 15 is 0 Å². The first-order valence-corrected chi connectivity index (χ1v) is 5.29. The number of aryl methyl sites for hydroxylation is 1. The van der Waals surface area contributed by atoms with Crippen molar-refractivity contribution in [3.8, 4) is 5.75 Å². The molecule has 0 amide bonds. The Morgan fingerprint density at radius 3 is 2.73 bits per heavy atom. The van der Waals surface area contributed by atoms with Gasteiger partial charge in [-0.3, -0.25) is 4.79 Å². The zero-order valence-corrected chi connectivity index (χ0v) is 9.81. The van der Waals surface area contributed by atoms with Gasteiger partial charge in [0.25, 0.3) is 5.24 Å². The van der Waals surface area contributed by atoms with Crippen molar-refractivity contribution in [1.82, 2.24) is 0 Å². The van der Waals surface area contributed by atoms with Gasteiger partial charge < -0.3 is 4.74 Å². The molecule has 0 saturated carbocycles. The number of ether oxygens (including phenoxy) is 1. The highest BCUT2D eigenvalue weighted by Gasteiger charge is 2.33. The summed E-state index contributed by atoms with van der Waals surface area (Å²) in [5.41, 5.74) is 2.36. The number of carbonyl (C=O) groups excluding carboxylic acids is 1. The maximum atomic E-state index is 11.3. The zero-order valence-electron chi connectivity index (χ0n) is 9.06. The lowest BCUT2D eigenvalue weighted by molar-refractivity contribution is 0.106. The molecule has 0 bridgehead atoms. The van der Waals surface area contributed by atoms with Gasteiger partial charge in [0.2, 0.25) is 0 Å². The van der Waals surface area contributed by atoms with Crippen LogP contribution < -0.4 is 4.74 Å². The monoisotopic (exact) mass is 224 g/mol. The summed E-state index contributed by atoms with van der Waals surface area (Å²) >= 11 is 5.53. The van der Waals surface area contributed by atoms with E-state index in [1.807, 2.05) is 26.8 Å². The largest absolute Gasteiger partial charge is 0.486 e. The second-order valence-electron chi connectivity index (χ2n) is 4.61. The topological polar surface area (TPSA) is 26.3 Å². The molecule has 15 heavy (non-hydrogen) atoms. The number of benzene rings is 1. The van der Waals surface area contributed by atoms with Gasteiger partial charge in [0.15, 0.2) is 0 Å². The molecule has 0 radical (unpaired) electrons. The third-order valence-electron chi connectivity index (χ3n) is 2.52. The Balaban J connectivity index is 2.58. The number of hydrogen-bond acceptors (Lipinski definition) is 2. The van der Waals surface area contributed by atoms with Gasteiger partial charge in [0.1, 0.15) is 11.4 Å². The normalized spacial score (nSPS) is 17.1. The van der Waals surface area contributed by atoms with Crippen LogP contribution in [-0.4, -0.2) is 10.8 Å². The number of fused-ring (bicyclic) bond motifs is 1. The Morgan fingerprint density at radius 1 is 1.47 bits per heavy atom. The summed E-state index contributed by atoms with van der Waals surface area (Å²) < 4.78 is 5.74. The predicted molar refractivity (Wildman–Crippen MR) is 59.8 cm³/mol. The predicted octanol–water partition coefficient (Wildman–Crippen LogP) is 3.09. The van der Waals surface area contributed by atoms with Crippen molar-refractivity contribution in [2.24, 2.45) is 0 Å². The molecule has 1 heterocycles. The summed E-state index contributed by atoms with van der Waals surface area (Å²) in [6.07, 6.45) is 0.821. The Kier molecular flexibility index (Phi) is 2.27. The fraction of sp³-hybridized carbons (Fsp3) is 0.417. The number of carbonyl (C=O) groups is 1. The SMILES string of the molecule is Cc1cc2c(c(C(=O)Cl)c1)OC(C)(C)C2. The van der Waals surface area contributed by atoms with Crippen LogP contribution in [0.4, 0.5) is 0 Å². The number of hydrogen-bond donors (Lipinski definition) is 0. The van der Waals surface area contributed by atoms with Gasteiger partial charge in [-0.2, -0.15) is 0 Å². The van der Waals surface area contributed by atoms with Crippen LogP contribution in [0.15, 0.2) is 12.1 Å². The molecule has 0 fully saturated rings. The van der Waals surface area contributed by atoms with E-state index in [0.29, 0.717) is 11.3 Å². The van der Waals surface area contributed by atoms with Crippen LogP contribution in [0.5, 0.6) is 5.75 Å². The quantitative estimate of drug-likeness (QED) is 0.686. The summed E-state index contributed by atoms with van der Waals surface area (Å²) in [6, 6.07) is 3.82. The smallest absolute Gasteiger partial charge is 0.256 e. The molecule has 0 N–H and O–H groups in total. The third-order valence-corrected chi connectivity index (χ3v) is 2.72. The molecule has 2 rings (SSSR count). The molecule has 2 nitrogen and oxygen atoms in total. The van der Waals surface area contributed by atoms with Crippen LogP contribution in [0, 0.1) is 6.92 Å². The van der Waals surface area contributed by atoms with E-state index in [0.717, 1.165) is 17.5 Å². The maximum Gasteiger partial charge on any atom is 0.256 e. The molecule has 0 aromatic heterocycles. The Labute approximate surface area is 94.2 Å². The average molecular weight is 225 g/mol. The van der Waals surface area contributed by atoms with Gasteiger partial charge in [-0.25, -0.2) is 0 Å². The van der Waals surface area contributed by atoms with E-state index in [1.165, 1.54) is 0 Å². The molecular weight excluding hydrogens is 212 g/mol. The van der Waals surface area contributed by atoms with Crippen LogP contribution in [0.25, 0.3) is 0 Å². The summed E-state index contributed by atoms with van der Waals surface area (Å²) in [7, 11) is 0. The highest BCUT2D eigenvalue weighted by Crippen LogP contribution is 2.38. The van der Waals surface area contributed by atoms with Gasteiger partial charge in [-0.05, 0) is 49.6 Å². The van der Waals surface area contributed by atoms with Gasteiger partial charge in [0.05, 0.1) is 5.56 Å². The molecule has 0 aliphatic carbocycles. The van der Waals surface area contributed by atoms with Crippen molar-refractivity contribution < 1.29 is 9.53 Å². The Bertz CT molecular complexity index is 435. The van der Waals surface area contributed by atoms with E-state index in [9.17, 15) is 4.79 Å². The van der Waals surface area contributed by atoms with Gasteiger partial charge >= 0.3 is 0 Å². The molecule has 3 heteroatoms. The van der Waals surface area contributed by atoms with Crippen LogP contribution in [0.1, 0.15) is 35.3 Å². The fourth-order valence-corrected chi connectivity index (χ4v) is 2.16. The van der Waals surface area contributed by atoms with Crippen molar-refractivity contribution in [3.63, 3.8) is 0 Å². The first-order chi connectivity index (χ1) is 6.89. The molecule has 0 unspecified atom stereocenters. The number of halogens is 1. The Hall–Kier alpha value is -1.02. The molecule has 1 aromatic rings. The molecular formula is C12H13ClO2. The minimum absolute atomic E-state index is 0.239. The lowest BCUT2D eigenvalue weighted by atomic mass is 9.99. The highest BCUT2D eigenvalue weighted by molar-refractivity contribution is 6.68. The van der Waals surface area contributed by atoms with Crippen molar-refractivity contribution in [2.45, 2.75) is 32.8 Å². The zero-order chi connectivity index (χ0) is 11.2. The first kappa shape index (κ1) is 10.5. The van der Waals surface area contributed by atoms with Gasteiger partial charge in [-0.1, -0.05) is 6.07 Å². The summed E-state index contributed by atoms with van der Waals surface area (Å²) in [5.74, 6) is 0.658. The van der Waals surface area contributed by atoms with Crippen molar-refractivity contribution in [2.75, 3.05) is 0 Å². The second-order valence-corrected chi connectivity index (χ2v) is 4.96. The van der Waals surface area contributed by atoms with Crippen molar-refractivity contribution >= 4 is 16.8 Å². The summed E-state index contributed by atoms with van der Waals surface area (Å²) in [5, 5.41) is -0.451. The molecule has 1 aliphatic heterocycles. The molecule has 80 valence electrons. The highest BCUT2D eigenvalue weighted by atomic mass is 35.5. The first-order valence-electron chi connectivity index (χ1n) is 4.91. The van der Waals surface area contributed by atoms with Crippen LogP contribution in [-0.2, 0) is 6.42 Å². The fourth-order valence-electron chi connectivity index (χ4n) is 2.02. The van der Waals surface area contributed by atoms with E-state index in [2.05, 4.69) is 0 Å². The van der Waals surface area contributed by atoms with Crippen molar-refractivity contribution in [3.05, 3.63) is 28.8 Å². The molecule has 1 aliphatic rings. The standard InChI is InChI=1S/C12H13ClO2/c1-7-4-8-6-12(2,3)15-10(8)9(5-7)11(13)14/h4-5H,6H2,1-3H3. The third kappa shape index (κ3) is 1.86. The minimum atomic E-state index is -0.451. The summed E-state index contributed by atoms with van der Waals surface area (Å²) in [6.45, 7) is 5.96. The van der Waals surface area contributed by atoms with Gasteiger partial charge in [0, 0.05) is 6.42 Å². The molecule has 0 spiro atoms. The van der Waals surface area contributed by atoms with E-state index in [1.54, 1.807) is 6.07 Å². The average Bonchev–Trinajstić information content (AvgIpc) is 2.36. The molecule has 1 aromatic carbocycles. The van der Waals surface area contributed by atoms with E-state index in [4.69, 9.17) is 16.3 Å². The van der Waals surface area contributed by atoms with Crippen LogP contribution in [0.3, 0.4) is 0 Å². The number of rotatable bonds is 1. The van der Waals surface area contributed by atoms with Crippen LogP contribution in [0.2, 0.25) is 0 Å².